The number of aliphatic hydroxyl groups excluding tert-OH is 2. The maximum Gasteiger partial charge on any atom is 0.254 e. The van der Waals surface area contributed by atoms with Gasteiger partial charge in [0.05, 0.1) is 18.3 Å². The molecule has 0 aliphatic carbocycles. The summed E-state index contributed by atoms with van der Waals surface area (Å²) in [6, 6.07) is 2.65. The number of carbonyl (C=O) groups is 1. The Labute approximate surface area is 98.1 Å². The summed E-state index contributed by atoms with van der Waals surface area (Å²) >= 11 is 0. The lowest BCUT2D eigenvalue weighted by Gasteiger charge is -2.11. The Kier molecular flexibility index (Phi) is 4.42. The zero-order chi connectivity index (χ0) is 13.0. The highest BCUT2D eigenvalue weighted by molar-refractivity contribution is 5.95. The van der Waals surface area contributed by atoms with Gasteiger partial charge in [0.1, 0.15) is 5.82 Å². The lowest BCUT2D eigenvalue weighted by atomic mass is 10.1. The second-order valence-corrected chi connectivity index (χ2v) is 3.75. The number of hydrogen-bond donors (Lipinski definition) is 4. The predicted octanol–water partition coefficient (Wildman–Crippen LogP) is -0.201. The van der Waals surface area contributed by atoms with Gasteiger partial charge in [0.25, 0.3) is 5.91 Å². The molecule has 0 radical (unpaired) electrons. The van der Waals surface area contributed by atoms with E-state index in [2.05, 4.69) is 5.32 Å². The van der Waals surface area contributed by atoms with E-state index in [0.29, 0.717) is 0 Å². The van der Waals surface area contributed by atoms with E-state index in [9.17, 15) is 9.18 Å². The van der Waals surface area contributed by atoms with Crippen molar-refractivity contribution in [2.24, 2.45) is 0 Å². The molecule has 0 aliphatic heterocycles. The van der Waals surface area contributed by atoms with Crippen molar-refractivity contribution in [1.29, 1.82) is 0 Å². The smallest absolute Gasteiger partial charge is 0.254 e. The summed E-state index contributed by atoms with van der Waals surface area (Å²) in [5, 5.41) is 19.9. The monoisotopic (exact) mass is 242 g/mol. The molecule has 0 saturated heterocycles. The van der Waals surface area contributed by atoms with Gasteiger partial charge in [-0.15, -0.1) is 0 Å². The minimum absolute atomic E-state index is 0.150. The molecule has 17 heavy (non-hydrogen) atoms. The fraction of sp³-hybridized carbons (Fsp3) is 0.364. The predicted molar refractivity (Wildman–Crippen MR) is 61.0 cm³/mol. The van der Waals surface area contributed by atoms with Crippen molar-refractivity contribution in [3.8, 4) is 0 Å². The van der Waals surface area contributed by atoms with Gasteiger partial charge in [0.2, 0.25) is 0 Å². The summed E-state index contributed by atoms with van der Waals surface area (Å²) in [6.07, 6.45) is -1.07. The van der Waals surface area contributed by atoms with Gasteiger partial charge >= 0.3 is 0 Å². The first kappa shape index (κ1) is 13.4. The van der Waals surface area contributed by atoms with E-state index in [1.807, 2.05) is 0 Å². The van der Waals surface area contributed by atoms with Crippen LogP contribution in [0.15, 0.2) is 12.1 Å². The fourth-order valence-corrected chi connectivity index (χ4v) is 1.33. The molecule has 0 fully saturated rings. The van der Waals surface area contributed by atoms with Gasteiger partial charge in [-0.2, -0.15) is 0 Å². The number of nitrogens with two attached hydrogens (primary N) is 1. The molecule has 1 aromatic carbocycles. The molecule has 0 aromatic heterocycles. The summed E-state index contributed by atoms with van der Waals surface area (Å²) in [4.78, 5) is 11.6. The Morgan fingerprint density at radius 3 is 2.82 bits per heavy atom. The second kappa shape index (κ2) is 5.60. The number of benzene rings is 1. The number of anilines is 1. The maximum absolute atomic E-state index is 13.6. The first-order valence-corrected chi connectivity index (χ1v) is 5.08. The van der Waals surface area contributed by atoms with Crippen LogP contribution >= 0.6 is 0 Å². The summed E-state index contributed by atoms with van der Waals surface area (Å²) < 4.78 is 13.6. The number of aliphatic hydroxyl groups is 2. The van der Waals surface area contributed by atoms with E-state index in [-0.39, 0.29) is 23.4 Å². The molecule has 1 rings (SSSR count). The minimum atomic E-state index is -1.07. The molecule has 6 heteroatoms. The van der Waals surface area contributed by atoms with Crippen molar-refractivity contribution in [3.63, 3.8) is 0 Å². The number of halogens is 1. The van der Waals surface area contributed by atoms with Gasteiger partial charge in [-0.05, 0) is 24.6 Å². The molecular formula is C11H15FN2O3. The van der Waals surface area contributed by atoms with Crippen LogP contribution in [0, 0.1) is 12.7 Å². The maximum atomic E-state index is 13.6. The van der Waals surface area contributed by atoms with E-state index in [1.54, 1.807) is 0 Å². The van der Waals surface area contributed by atoms with Crippen LogP contribution < -0.4 is 11.1 Å². The highest BCUT2D eigenvalue weighted by atomic mass is 19.1. The van der Waals surface area contributed by atoms with Gasteiger partial charge in [-0.1, -0.05) is 0 Å². The number of rotatable bonds is 4. The molecule has 0 spiro atoms. The number of nitrogen functional groups attached to an aromatic ring is 1. The molecule has 5 N–H and O–H groups in total. The zero-order valence-corrected chi connectivity index (χ0v) is 9.40. The lowest BCUT2D eigenvalue weighted by molar-refractivity contribution is 0.0799. The first-order chi connectivity index (χ1) is 7.95. The van der Waals surface area contributed by atoms with E-state index in [0.717, 1.165) is 0 Å². The highest BCUT2D eigenvalue weighted by Crippen LogP contribution is 2.16. The van der Waals surface area contributed by atoms with Crippen molar-refractivity contribution < 1.29 is 19.4 Å². The molecule has 0 aliphatic rings. The molecule has 1 amide bonds. The first-order valence-electron chi connectivity index (χ1n) is 5.08. The molecule has 0 heterocycles. The molecule has 94 valence electrons. The highest BCUT2D eigenvalue weighted by Gasteiger charge is 2.15. The van der Waals surface area contributed by atoms with Gasteiger partial charge in [0.15, 0.2) is 0 Å². The van der Waals surface area contributed by atoms with Crippen molar-refractivity contribution >= 4 is 11.6 Å². The van der Waals surface area contributed by atoms with Gasteiger partial charge < -0.3 is 21.3 Å². The third-order valence-electron chi connectivity index (χ3n) is 2.23. The molecular weight excluding hydrogens is 227 g/mol. The number of carbonyl (C=O) groups excluding carboxylic acids is 1. The lowest BCUT2D eigenvalue weighted by Crippen LogP contribution is -2.34. The van der Waals surface area contributed by atoms with Crippen molar-refractivity contribution in [3.05, 3.63) is 29.1 Å². The summed E-state index contributed by atoms with van der Waals surface area (Å²) in [5.41, 5.74) is 5.90. The summed E-state index contributed by atoms with van der Waals surface area (Å²) in [6.45, 7) is 0.881. The Bertz CT molecular complexity index is 423. The Hall–Kier alpha value is -1.66. The molecule has 1 aromatic rings. The van der Waals surface area contributed by atoms with Gasteiger partial charge in [-0.3, -0.25) is 4.79 Å². The van der Waals surface area contributed by atoms with Crippen molar-refractivity contribution in [2.75, 3.05) is 18.9 Å². The van der Waals surface area contributed by atoms with Crippen LogP contribution in [0.25, 0.3) is 0 Å². The number of hydrogen-bond acceptors (Lipinski definition) is 4. The van der Waals surface area contributed by atoms with Crippen LogP contribution in [0.5, 0.6) is 0 Å². The number of amides is 1. The van der Waals surface area contributed by atoms with E-state index in [1.165, 1.54) is 19.1 Å². The quantitative estimate of drug-likeness (QED) is 0.550. The fourth-order valence-electron chi connectivity index (χ4n) is 1.33. The third-order valence-corrected chi connectivity index (χ3v) is 2.23. The van der Waals surface area contributed by atoms with E-state index in [4.69, 9.17) is 15.9 Å². The Morgan fingerprint density at radius 1 is 1.59 bits per heavy atom. The average molecular weight is 242 g/mol. The summed E-state index contributed by atoms with van der Waals surface area (Å²) in [5.74, 6) is -1.32. The Morgan fingerprint density at radius 2 is 2.24 bits per heavy atom. The SMILES string of the molecule is Cc1cc(N)cc(C(=O)NCC(O)CO)c1F. The molecule has 0 saturated carbocycles. The van der Waals surface area contributed by atoms with Crippen LogP contribution in [0.3, 0.4) is 0 Å². The number of nitrogens with one attached hydrogen (secondary N) is 1. The van der Waals surface area contributed by atoms with Gasteiger partial charge in [-0.25, -0.2) is 4.39 Å². The third kappa shape index (κ3) is 3.40. The van der Waals surface area contributed by atoms with Crippen LogP contribution in [-0.4, -0.2) is 35.4 Å². The zero-order valence-electron chi connectivity index (χ0n) is 9.40. The molecule has 1 atom stereocenters. The topological polar surface area (TPSA) is 95.6 Å². The number of aryl methyl sites for hydroxylation is 1. The second-order valence-electron chi connectivity index (χ2n) is 3.75. The van der Waals surface area contributed by atoms with Crippen LogP contribution in [-0.2, 0) is 0 Å². The summed E-state index contributed by atoms with van der Waals surface area (Å²) in [7, 11) is 0. The molecule has 0 bridgehead atoms. The standard InChI is InChI=1S/C11H15FN2O3/c1-6-2-7(13)3-9(10(6)12)11(17)14-4-8(16)5-15/h2-3,8,15-16H,4-5,13H2,1H3,(H,14,17). The van der Waals surface area contributed by atoms with E-state index < -0.39 is 24.4 Å². The van der Waals surface area contributed by atoms with Gasteiger partial charge in [0, 0.05) is 12.2 Å². The van der Waals surface area contributed by atoms with E-state index >= 15 is 0 Å². The average Bonchev–Trinajstić information content (AvgIpc) is 2.30. The molecule has 1 unspecified atom stereocenters. The normalized spacial score (nSPS) is 12.2. The van der Waals surface area contributed by atoms with Crippen LogP contribution in [0.2, 0.25) is 0 Å². The van der Waals surface area contributed by atoms with Crippen LogP contribution in [0.1, 0.15) is 15.9 Å². The van der Waals surface area contributed by atoms with Crippen molar-refractivity contribution in [1.82, 2.24) is 5.32 Å². The largest absolute Gasteiger partial charge is 0.399 e. The van der Waals surface area contributed by atoms with Crippen LogP contribution in [0.4, 0.5) is 10.1 Å². The minimum Gasteiger partial charge on any atom is -0.399 e. The van der Waals surface area contributed by atoms with Crippen molar-refractivity contribution in [2.45, 2.75) is 13.0 Å². The molecule has 5 nitrogen and oxygen atoms in total. The Balaban J connectivity index is 2.82.